The zero-order chi connectivity index (χ0) is 21.7. The predicted octanol–water partition coefficient (Wildman–Crippen LogP) is 2.86. The number of hydrogen-bond acceptors (Lipinski definition) is 4. The fourth-order valence-corrected chi connectivity index (χ4v) is 3.09. The summed E-state index contributed by atoms with van der Waals surface area (Å²) in [6.45, 7) is 0.217. The van der Waals surface area contributed by atoms with E-state index in [0.29, 0.717) is 6.42 Å². The van der Waals surface area contributed by atoms with Crippen molar-refractivity contribution in [3.63, 3.8) is 0 Å². The van der Waals surface area contributed by atoms with E-state index in [2.05, 4.69) is 10.6 Å². The van der Waals surface area contributed by atoms with Gasteiger partial charge in [-0.05, 0) is 42.7 Å². The third-order valence-electron chi connectivity index (χ3n) is 4.75. The molecule has 0 saturated carbocycles. The van der Waals surface area contributed by atoms with Crippen molar-refractivity contribution in [2.24, 2.45) is 0 Å². The fourth-order valence-electron chi connectivity index (χ4n) is 3.09. The van der Waals surface area contributed by atoms with Gasteiger partial charge >= 0.3 is 6.03 Å². The van der Waals surface area contributed by atoms with Gasteiger partial charge in [0.05, 0.1) is 7.11 Å². The third-order valence-corrected chi connectivity index (χ3v) is 4.75. The molecule has 1 fully saturated rings. The number of amides is 4. The van der Waals surface area contributed by atoms with Gasteiger partial charge in [0, 0.05) is 24.7 Å². The topological polar surface area (TPSA) is 87.7 Å². The zero-order valence-corrected chi connectivity index (χ0v) is 16.3. The lowest BCUT2D eigenvalue weighted by Crippen LogP contribution is -2.33. The number of urea groups is 1. The number of anilines is 1. The molecule has 1 saturated heterocycles. The highest BCUT2D eigenvalue weighted by molar-refractivity contribution is 6.04. The van der Waals surface area contributed by atoms with Crippen LogP contribution in [0.15, 0.2) is 42.5 Å². The lowest BCUT2D eigenvalue weighted by atomic mass is 10.1. The normalized spacial score (nSPS) is 15.8. The van der Waals surface area contributed by atoms with Crippen molar-refractivity contribution >= 4 is 23.5 Å². The molecule has 2 aromatic rings. The minimum absolute atomic E-state index is 0.0675. The molecule has 1 atom stereocenters. The molecule has 4 amide bonds. The van der Waals surface area contributed by atoms with E-state index in [4.69, 9.17) is 4.74 Å². The summed E-state index contributed by atoms with van der Waals surface area (Å²) in [5.74, 6) is -2.23. The molecule has 1 heterocycles. The molecule has 0 unspecified atom stereocenters. The van der Waals surface area contributed by atoms with Crippen LogP contribution in [-0.4, -0.2) is 42.4 Å². The Morgan fingerprint density at radius 1 is 1.13 bits per heavy atom. The molecule has 2 aromatic carbocycles. The van der Waals surface area contributed by atoms with Gasteiger partial charge < -0.3 is 15.4 Å². The molecule has 0 aliphatic carbocycles. The van der Waals surface area contributed by atoms with E-state index in [1.54, 1.807) is 19.2 Å². The summed E-state index contributed by atoms with van der Waals surface area (Å²) in [7, 11) is 1.57. The third kappa shape index (κ3) is 5.11. The highest BCUT2D eigenvalue weighted by Gasteiger charge is 2.37. The summed E-state index contributed by atoms with van der Waals surface area (Å²) in [5, 5.41) is 5.01. The number of halogens is 2. The number of nitrogens with one attached hydrogen (secondary N) is 2. The minimum Gasteiger partial charge on any atom is -0.497 e. The Morgan fingerprint density at radius 2 is 1.87 bits per heavy atom. The molecule has 2 N–H and O–H groups in total. The standard InChI is InChI=1S/C21H21F2N3O4/c1-30-15-5-2-13(3-6-15)10-11-26-20(28)18(25-21(26)29)8-9-19(27)24-14-4-7-16(22)17(23)12-14/h2-7,12,18H,8-11H2,1H3,(H,24,27)(H,25,29)/t18-/m1/s1. The summed E-state index contributed by atoms with van der Waals surface area (Å²) in [6.07, 6.45) is 0.521. The Kier molecular flexibility index (Phi) is 6.61. The number of imide groups is 1. The van der Waals surface area contributed by atoms with Crippen molar-refractivity contribution in [1.82, 2.24) is 10.2 Å². The van der Waals surface area contributed by atoms with Gasteiger partial charge in [-0.2, -0.15) is 0 Å². The maximum Gasteiger partial charge on any atom is 0.324 e. The molecule has 9 heteroatoms. The van der Waals surface area contributed by atoms with E-state index in [9.17, 15) is 23.2 Å². The maximum absolute atomic E-state index is 13.2. The number of methoxy groups -OCH3 is 1. The predicted molar refractivity (Wildman–Crippen MR) is 105 cm³/mol. The number of ether oxygens (including phenoxy) is 1. The Bertz CT molecular complexity index is 950. The van der Waals surface area contributed by atoms with Crippen molar-refractivity contribution in [2.45, 2.75) is 25.3 Å². The molecule has 158 valence electrons. The lowest BCUT2D eigenvalue weighted by molar-refractivity contribution is -0.127. The first-order valence-electron chi connectivity index (χ1n) is 9.37. The largest absolute Gasteiger partial charge is 0.497 e. The number of carbonyl (C=O) groups is 3. The summed E-state index contributed by atoms with van der Waals surface area (Å²) >= 11 is 0. The molecule has 30 heavy (non-hydrogen) atoms. The van der Waals surface area contributed by atoms with Gasteiger partial charge in [0.2, 0.25) is 5.91 Å². The van der Waals surface area contributed by atoms with Gasteiger partial charge in [-0.3, -0.25) is 14.5 Å². The van der Waals surface area contributed by atoms with Gasteiger partial charge in [-0.25, -0.2) is 13.6 Å². The molecule has 7 nitrogen and oxygen atoms in total. The maximum atomic E-state index is 13.2. The Labute approximate surface area is 172 Å². The monoisotopic (exact) mass is 417 g/mol. The number of nitrogens with zero attached hydrogens (tertiary/aromatic N) is 1. The minimum atomic E-state index is -1.07. The van der Waals surface area contributed by atoms with Crippen LogP contribution in [0.25, 0.3) is 0 Å². The molecule has 1 aliphatic rings. The Balaban J connectivity index is 1.48. The Morgan fingerprint density at radius 3 is 2.53 bits per heavy atom. The molecular formula is C21H21F2N3O4. The van der Waals surface area contributed by atoms with Crippen molar-refractivity contribution < 1.29 is 27.9 Å². The van der Waals surface area contributed by atoms with Crippen molar-refractivity contribution in [2.75, 3.05) is 19.0 Å². The summed E-state index contributed by atoms with van der Waals surface area (Å²) in [5.41, 5.74) is 1.06. The highest BCUT2D eigenvalue weighted by atomic mass is 19.2. The van der Waals surface area contributed by atoms with E-state index in [-0.39, 0.29) is 25.1 Å². The second-order valence-electron chi connectivity index (χ2n) is 6.81. The van der Waals surface area contributed by atoms with Crippen LogP contribution in [0, 0.1) is 11.6 Å². The average Bonchev–Trinajstić information content (AvgIpc) is 3.01. The van der Waals surface area contributed by atoms with Crippen LogP contribution in [-0.2, 0) is 16.0 Å². The van der Waals surface area contributed by atoms with E-state index >= 15 is 0 Å². The molecule has 0 bridgehead atoms. The van der Waals surface area contributed by atoms with Gasteiger partial charge in [0.15, 0.2) is 11.6 Å². The molecule has 0 radical (unpaired) electrons. The van der Waals surface area contributed by atoms with E-state index < -0.39 is 35.5 Å². The van der Waals surface area contributed by atoms with Crippen LogP contribution < -0.4 is 15.4 Å². The summed E-state index contributed by atoms with van der Waals surface area (Å²) < 4.78 is 31.2. The van der Waals surface area contributed by atoms with E-state index in [1.807, 2.05) is 12.1 Å². The van der Waals surface area contributed by atoms with Gasteiger partial charge in [-0.15, -0.1) is 0 Å². The van der Waals surface area contributed by atoms with Crippen LogP contribution in [0.1, 0.15) is 18.4 Å². The second kappa shape index (κ2) is 9.34. The SMILES string of the molecule is COc1ccc(CCN2C(=O)N[C@H](CCC(=O)Nc3ccc(F)c(F)c3)C2=O)cc1. The van der Waals surface area contributed by atoms with Crippen LogP contribution >= 0.6 is 0 Å². The van der Waals surface area contributed by atoms with Crippen molar-refractivity contribution in [3.05, 3.63) is 59.7 Å². The average molecular weight is 417 g/mol. The summed E-state index contributed by atoms with van der Waals surface area (Å²) in [4.78, 5) is 37.8. The first-order chi connectivity index (χ1) is 14.4. The first-order valence-corrected chi connectivity index (χ1v) is 9.37. The van der Waals surface area contributed by atoms with Gasteiger partial charge in [0.1, 0.15) is 11.8 Å². The quantitative estimate of drug-likeness (QED) is 0.647. The van der Waals surface area contributed by atoms with Gasteiger partial charge in [0.25, 0.3) is 5.91 Å². The van der Waals surface area contributed by atoms with Crippen LogP contribution in [0.5, 0.6) is 5.75 Å². The smallest absolute Gasteiger partial charge is 0.324 e. The van der Waals surface area contributed by atoms with Crippen molar-refractivity contribution in [1.29, 1.82) is 0 Å². The van der Waals surface area contributed by atoms with E-state index in [0.717, 1.165) is 28.3 Å². The van der Waals surface area contributed by atoms with Crippen LogP contribution in [0.4, 0.5) is 19.3 Å². The molecule has 0 spiro atoms. The van der Waals surface area contributed by atoms with Gasteiger partial charge in [-0.1, -0.05) is 12.1 Å². The fraction of sp³-hybridized carbons (Fsp3) is 0.286. The molecule has 1 aliphatic heterocycles. The summed E-state index contributed by atoms with van der Waals surface area (Å²) in [6, 6.07) is 9.03. The molecule has 0 aromatic heterocycles. The lowest BCUT2D eigenvalue weighted by Gasteiger charge is -2.13. The molecular weight excluding hydrogens is 396 g/mol. The Hall–Kier alpha value is -3.49. The van der Waals surface area contributed by atoms with Crippen molar-refractivity contribution in [3.8, 4) is 5.75 Å². The first kappa shape index (κ1) is 21.2. The number of hydrogen-bond donors (Lipinski definition) is 2. The second-order valence-corrected chi connectivity index (χ2v) is 6.81. The number of carbonyl (C=O) groups excluding carboxylic acids is 3. The van der Waals surface area contributed by atoms with Crippen LogP contribution in [0.2, 0.25) is 0 Å². The van der Waals surface area contributed by atoms with E-state index in [1.165, 1.54) is 6.07 Å². The van der Waals surface area contributed by atoms with Crippen LogP contribution in [0.3, 0.4) is 0 Å². The number of rotatable bonds is 8. The molecule has 3 rings (SSSR count). The number of benzene rings is 2. The zero-order valence-electron chi connectivity index (χ0n) is 16.3. The highest BCUT2D eigenvalue weighted by Crippen LogP contribution is 2.17.